The summed E-state index contributed by atoms with van der Waals surface area (Å²) in [6.45, 7) is 3.28. The fourth-order valence-electron chi connectivity index (χ4n) is 2.76. The van der Waals surface area contributed by atoms with Crippen molar-refractivity contribution in [1.82, 2.24) is 14.6 Å². The molecule has 8 nitrogen and oxygen atoms in total. The van der Waals surface area contributed by atoms with Crippen molar-refractivity contribution in [2.45, 2.75) is 25.7 Å². The van der Waals surface area contributed by atoms with Gasteiger partial charge in [-0.2, -0.15) is 9.61 Å². The molecule has 1 saturated heterocycles. The van der Waals surface area contributed by atoms with Gasteiger partial charge in [-0.25, -0.2) is 4.79 Å². The van der Waals surface area contributed by atoms with Gasteiger partial charge in [0, 0.05) is 25.2 Å². The third-order valence-electron chi connectivity index (χ3n) is 3.92. The fourth-order valence-corrected chi connectivity index (χ4v) is 2.76. The first-order chi connectivity index (χ1) is 11.2. The standard InChI is InChI=1S/C15H19N3O5/c1-3-23-15(20)12-13(21-2)14(19)18-11(16-12)8-10(17-18)9-4-6-22-7-5-9/h8-9,16H,3-7H2,1-2H3. The number of hydrogen-bond acceptors (Lipinski definition) is 6. The third kappa shape index (κ3) is 2.81. The van der Waals surface area contributed by atoms with E-state index in [1.54, 1.807) is 13.0 Å². The molecule has 1 fully saturated rings. The quantitative estimate of drug-likeness (QED) is 0.847. The van der Waals surface area contributed by atoms with Crippen LogP contribution >= 0.6 is 0 Å². The Kier molecular flexibility index (Phi) is 4.33. The molecular formula is C15H19N3O5. The van der Waals surface area contributed by atoms with Gasteiger partial charge < -0.3 is 19.2 Å². The van der Waals surface area contributed by atoms with E-state index in [0.29, 0.717) is 18.9 Å². The van der Waals surface area contributed by atoms with Crippen LogP contribution in [0.3, 0.4) is 0 Å². The second kappa shape index (κ2) is 6.41. The van der Waals surface area contributed by atoms with Crippen molar-refractivity contribution < 1.29 is 19.0 Å². The zero-order valence-electron chi connectivity index (χ0n) is 13.1. The van der Waals surface area contributed by atoms with Gasteiger partial charge in [0.2, 0.25) is 5.75 Å². The Hall–Kier alpha value is -2.35. The number of nitrogens with zero attached hydrogens (tertiary/aromatic N) is 2. The van der Waals surface area contributed by atoms with Crippen molar-refractivity contribution in [3.8, 4) is 5.75 Å². The minimum absolute atomic E-state index is 0.00489. The highest BCUT2D eigenvalue weighted by molar-refractivity contribution is 5.90. The van der Waals surface area contributed by atoms with E-state index in [1.807, 2.05) is 0 Å². The molecule has 3 heterocycles. The van der Waals surface area contributed by atoms with Gasteiger partial charge in [0.25, 0.3) is 0 Å². The molecule has 0 radical (unpaired) electrons. The summed E-state index contributed by atoms with van der Waals surface area (Å²) in [5, 5.41) is 4.38. The fraction of sp³-hybridized carbons (Fsp3) is 0.533. The van der Waals surface area contributed by atoms with E-state index >= 15 is 0 Å². The number of H-pyrrole nitrogens is 1. The topological polar surface area (TPSA) is 94.9 Å². The lowest BCUT2D eigenvalue weighted by molar-refractivity contribution is 0.0515. The summed E-state index contributed by atoms with van der Waals surface area (Å²) in [5.41, 5.74) is 0.776. The first-order valence-corrected chi connectivity index (χ1v) is 7.60. The van der Waals surface area contributed by atoms with Gasteiger partial charge in [-0.05, 0) is 19.8 Å². The number of hydrogen-bond donors (Lipinski definition) is 1. The molecule has 0 atom stereocenters. The van der Waals surface area contributed by atoms with Crippen molar-refractivity contribution >= 4 is 11.6 Å². The number of aromatic amines is 1. The number of esters is 1. The summed E-state index contributed by atoms with van der Waals surface area (Å²) >= 11 is 0. The molecule has 1 aliphatic heterocycles. The van der Waals surface area contributed by atoms with Gasteiger partial charge in [0.05, 0.1) is 19.4 Å². The Bertz CT molecular complexity index is 773. The molecule has 23 heavy (non-hydrogen) atoms. The van der Waals surface area contributed by atoms with Crippen LogP contribution in [0.15, 0.2) is 10.9 Å². The van der Waals surface area contributed by atoms with Crippen molar-refractivity contribution in [1.29, 1.82) is 0 Å². The van der Waals surface area contributed by atoms with Crippen molar-refractivity contribution in [3.05, 3.63) is 27.8 Å². The minimum atomic E-state index is -0.627. The first-order valence-electron chi connectivity index (χ1n) is 7.60. The summed E-state index contributed by atoms with van der Waals surface area (Å²) in [5.74, 6) is -0.483. The summed E-state index contributed by atoms with van der Waals surface area (Å²) in [7, 11) is 1.34. The molecule has 1 N–H and O–H groups in total. The molecule has 1 aliphatic rings. The van der Waals surface area contributed by atoms with E-state index in [1.165, 1.54) is 11.6 Å². The summed E-state index contributed by atoms with van der Waals surface area (Å²) < 4.78 is 16.6. The van der Waals surface area contributed by atoms with Crippen LogP contribution in [0, 0.1) is 0 Å². The van der Waals surface area contributed by atoms with E-state index < -0.39 is 11.5 Å². The Balaban J connectivity index is 2.09. The van der Waals surface area contributed by atoms with E-state index in [4.69, 9.17) is 14.2 Å². The molecule has 8 heteroatoms. The van der Waals surface area contributed by atoms with Crippen LogP contribution in [0.25, 0.3) is 5.65 Å². The molecule has 0 amide bonds. The largest absolute Gasteiger partial charge is 0.489 e. The molecule has 2 aromatic heterocycles. The highest BCUT2D eigenvalue weighted by Gasteiger charge is 2.24. The van der Waals surface area contributed by atoms with Gasteiger partial charge >= 0.3 is 11.5 Å². The first kappa shape index (κ1) is 15.5. The lowest BCUT2D eigenvalue weighted by Crippen LogP contribution is -2.23. The van der Waals surface area contributed by atoms with E-state index in [0.717, 1.165) is 18.5 Å². The molecule has 3 rings (SSSR count). The number of ether oxygens (including phenoxy) is 3. The summed E-state index contributed by atoms with van der Waals surface area (Å²) in [4.78, 5) is 27.4. The molecule has 0 spiro atoms. The lowest BCUT2D eigenvalue weighted by Gasteiger charge is -2.19. The van der Waals surface area contributed by atoms with Crippen LogP contribution < -0.4 is 10.3 Å². The minimum Gasteiger partial charge on any atom is -0.489 e. The third-order valence-corrected chi connectivity index (χ3v) is 3.92. The van der Waals surface area contributed by atoms with Gasteiger partial charge in [0.1, 0.15) is 5.65 Å². The van der Waals surface area contributed by atoms with Gasteiger partial charge in [0.15, 0.2) is 5.69 Å². The number of aromatic nitrogens is 3. The van der Waals surface area contributed by atoms with Crippen LogP contribution in [0.4, 0.5) is 0 Å². The number of rotatable bonds is 4. The number of methoxy groups -OCH3 is 1. The van der Waals surface area contributed by atoms with Crippen molar-refractivity contribution in [2.24, 2.45) is 0 Å². The Morgan fingerprint density at radius 3 is 2.87 bits per heavy atom. The Morgan fingerprint density at radius 1 is 1.48 bits per heavy atom. The van der Waals surface area contributed by atoms with Crippen LogP contribution in [0.1, 0.15) is 41.9 Å². The number of carbonyl (C=O) groups is 1. The maximum Gasteiger partial charge on any atom is 0.358 e. The highest BCUT2D eigenvalue weighted by Crippen LogP contribution is 2.26. The molecule has 0 bridgehead atoms. The van der Waals surface area contributed by atoms with Crippen molar-refractivity contribution in [3.63, 3.8) is 0 Å². The monoisotopic (exact) mass is 321 g/mol. The van der Waals surface area contributed by atoms with Gasteiger partial charge in [-0.3, -0.25) is 4.79 Å². The zero-order valence-corrected chi connectivity index (χ0v) is 13.1. The molecule has 0 aliphatic carbocycles. The average Bonchev–Trinajstić information content (AvgIpc) is 3.00. The van der Waals surface area contributed by atoms with Crippen LogP contribution in [0.5, 0.6) is 5.75 Å². The van der Waals surface area contributed by atoms with E-state index in [2.05, 4.69) is 10.1 Å². The summed E-state index contributed by atoms with van der Waals surface area (Å²) in [6, 6.07) is 1.79. The van der Waals surface area contributed by atoms with Crippen LogP contribution in [0.2, 0.25) is 0 Å². The van der Waals surface area contributed by atoms with Crippen molar-refractivity contribution in [2.75, 3.05) is 26.9 Å². The predicted molar refractivity (Wildman–Crippen MR) is 81.1 cm³/mol. The molecule has 0 aromatic carbocycles. The van der Waals surface area contributed by atoms with E-state index in [-0.39, 0.29) is 24.0 Å². The normalized spacial score (nSPS) is 15.7. The SMILES string of the molecule is CCOC(=O)c1[nH]c2cc(C3CCOCC3)nn2c(=O)c1OC. The molecule has 0 unspecified atom stereocenters. The second-order valence-electron chi connectivity index (χ2n) is 5.31. The second-order valence-corrected chi connectivity index (χ2v) is 5.31. The molecular weight excluding hydrogens is 302 g/mol. The van der Waals surface area contributed by atoms with Gasteiger partial charge in [-0.1, -0.05) is 0 Å². The number of carbonyl (C=O) groups excluding carboxylic acids is 1. The predicted octanol–water partition coefficient (Wildman–Crippen LogP) is 1.10. The molecule has 0 saturated carbocycles. The Morgan fingerprint density at radius 2 is 2.22 bits per heavy atom. The zero-order chi connectivity index (χ0) is 16.4. The molecule has 124 valence electrons. The average molecular weight is 321 g/mol. The van der Waals surface area contributed by atoms with E-state index in [9.17, 15) is 9.59 Å². The Labute approximate surface area is 132 Å². The lowest BCUT2D eigenvalue weighted by atomic mass is 9.97. The van der Waals surface area contributed by atoms with Crippen LogP contribution in [-0.2, 0) is 9.47 Å². The summed E-state index contributed by atoms with van der Waals surface area (Å²) in [6.07, 6.45) is 1.72. The highest BCUT2D eigenvalue weighted by atomic mass is 16.5. The maximum absolute atomic E-state index is 12.5. The molecule has 2 aromatic rings. The van der Waals surface area contributed by atoms with Crippen LogP contribution in [-0.4, -0.2) is 47.5 Å². The maximum atomic E-state index is 12.5. The smallest absolute Gasteiger partial charge is 0.358 e. The van der Waals surface area contributed by atoms with Gasteiger partial charge in [-0.15, -0.1) is 0 Å². The number of nitrogens with one attached hydrogen (secondary N) is 1. The number of fused-ring (bicyclic) bond motifs is 1.